The van der Waals surface area contributed by atoms with Crippen molar-refractivity contribution in [1.29, 1.82) is 0 Å². The molecule has 0 radical (unpaired) electrons. The molecule has 1 aromatic heterocycles. The van der Waals surface area contributed by atoms with Gasteiger partial charge in [-0.2, -0.15) is 0 Å². The first-order valence-electron chi connectivity index (χ1n) is 15.9. The van der Waals surface area contributed by atoms with Gasteiger partial charge in [0.05, 0.1) is 26.8 Å². The Balaban J connectivity index is 1.36. The van der Waals surface area contributed by atoms with Gasteiger partial charge in [-0.05, 0) is 80.3 Å². The number of esters is 1. The molecular formula is C36H36Cl2N2O10S. The topological polar surface area (TPSA) is 159 Å². The zero-order valence-electron chi connectivity index (χ0n) is 28.5. The minimum Gasteiger partial charge on any atom is -0.464 e. The van der Waals surface area contributed by atoms with Gasteiger partial charge in [0, 0.05) is 43.6 Å². The molecule has 4 aromatic rings. The summed E-state index contributed by atoms with van der Waals surface area (Å²) in [5, 5.41) is 3.53. The predicted molar refractivity (Wildman–Crippen MR) is 189 cm³/mol. The van der Waals surface area contributed by atoms with E-state index >= 15 is 0 Å². The summed E-state index contributed by atoms with van der Waals surface area (Å²) in [6.45, 7) is 6.70. The summed E-state index contributed by atoms with van der Waals surface area (Å²) in [7, 11) is -3.59. The molecule has 0 spiro atoms. The Morgan fingerprint density at radius 2 is 1.76 bits per heavy atom. The molecule has 0 saturated carbocycles. The minimum atomic E-state index is -3.59. The second kappa shape index (κ2) is 14.9. The molecule has 3 aromatic carbocycles. The van der Waals surface area contributed by atoms with E-state index in [9.17, 15) is 27.6 Å². The molecule has 1 aliphatic heterocycles. The van der Waals surface area contributed by atoms with Crippen LogP contribution in [0.4, 0.5) is 4.79 Å². The predicted octanol–water partition coefficient (Wildman–Crippen LogP) is 6.52. The second-order valence-corrected chi connectivity index (χ2v) is 15.9. The van der Waals surface area contributed by atoms with Gasteiger partial charge in [-0.1, -0.05) is 41.4 Å². The van der Waals surface area contributed by atoms with Gasteiger partial charge in [0.25, 0.3) is 11.8 Å². The van der Waals surface area contributed by atoms with Crippen molar-refractivity contribution in [2.24, 2.45) is 0 Å². The number of sulfone groups is 1. The zero-order chi connectivity index (χ0) is 37.2. The summed E-state index contributed by atoms with van der Waals surface area (Å²) < 4.78 is 45.3. The lowest BCUT2D eigenvalue weighted by Gasteiger charge is -2.30. The SMILES string of the molecule is CC(OC(=O)OC(C)(C)C)OC(=O)[C@H](Cc1cccc(S(C)(=O)=O)c1)NC(=O)c1c(Cl)cc2c(c1Cl)CCN(C(=O)c1ccc3ccoc3c1)C2. The smallest absolute Gasteiger partial charge is 0.464 e. The third kappa shape index (κ3) is 9.21. The zero-order valence-corrected chi connectivity index (χ0v) is 30.8. The van der Waals surface area contributed by atoms with Gasteiger partial charge in [-0.15, -0.1) is 0 Å². The third-order valence-electron chi connectivity index (χ3n) is 7.91. The van der Waals surface area contributed by atoms with Crippen LogP contribution in [0, 0.1) is 0 Å². The Hall–Kier alpha value is -4.59. The average Bonchev–Trinajstić information content (AvgIpc) is 3.50. The van der Waals surface area contributed by atoms with Crippen molar-refractivity contribution in [3.8, 4) is 0 Å². The standard InChI is InChI=1S/C36H36Cl2N2O10S/c1-20(49-35(44)50-36(2,3)4)48-34(43)28(16-21-7-6-8-25(15-21)51(5,45)46)39-32(41)30-27(37)17-24-19-40(13-11-26(24)31(30)38)33(42)23-10-9-22-12-14-47-29(22)18-23/h6-10,12,14-15,17-18,20,28H,11,13,16,19H2,1-5H3,(H,39,41)/t20?,28-/m0/s1. The van der Waals surface area contributed by atoms with E-state index in [1.54, 1.807) is 56.2 Å². The first kappa shape index (κ1) is 37.7. The molecule has 1 N–H and O–H groups in total. The Morgan fingerprint density at radius 3 is 2.47 bits per heavy atom. The lowest BCUT2D eigenvalue weighted by atomic mass is 9.95. The van der Waals surface area contributed by atoms with Gasteiger partial charge in [0.2, 0.25) is 6.29 Å². The molecule has 2 amide bonds. The number of carbonyl (C=O) groups is 4. The normalized spacial score (nSPS) is 14.3. The maximum atomic E-state index is 13.8. The highest BCUT2D eigenvalue weighted by Crippen LogP contribution is 2.35. The number of carbonyl (C=O) groups excluding carboxylic acids is 4. The van der Waals surface area contributed by atoms with Crippen molar-refractivity contribution >= 4 is 67.9 Å². The van der Waals surface area contributed by atoms with Crippen LogP contribution in [0.2, 0.25) is 10.0 Å². The van der Waals surface area contributed by atoms with Crippen LogP contribution in [0.3, 0.4) is 0 Å². The Kier molecular flexibility index (Phi) is 11.0. The van der Waals surface area contributed by atoms with Crippen LogP contribution in [0.5, 0.6) is 0 Å². The molecule has 0 saturated heterocycles. The van der Waals surface area contributed by atoms with Crippen molar-refractivity contribution in [2.45, 2.75) is 69.9 Å². The molecule has 270 valence electrons. The van der Waals surface area contributed by atoms with E-state index < -0.39 is 45.8 Å². The number of hydrogen-bond donors (Lipinski definition) is 1. The molecule has 2 heterocycles. The molecule has 0 fully saturated rings. The van der Waals surface area contributed by atoms with Crippen LogP contribution in [-0.4, -0.2) is 68.0 Å². The monoisotopic (exact) mass is 758 g/mol. The fourth-order valence-corrected chi connectivity index (χ4v) is 7.00. The van der Waals surface area contributed by atoms with Crippen LogP contribution < -0.4 is 5.32 Å². The first-order valence-corrected chi connectivity index (χ1v) is 18.5. The van der Waals surface area contributed by atoms with E-state index in [0.29, 0.717) is 40.8 Å². The van der Waals surface area contributed by atoms with Crippen LogP contribution >= 0.6 is 23.2 Å². The molecule has 1 unspecified atom stereocenters. The second-order valence-electron chi connectivity index (χ2n) is 13.1. The van der Waals surface area contributed by atoms with E-state index in [1.807, 2.05) is 12.1 Å². The molecule has 15 heteroatoms. The van der Waals surface area contributed by atoms with Gasteiger partial charge in [0.15, 0.2) is 9.84 Å². The van der Waals surface area contributed by atoms with E-state index in [4.69, 9.17) is 41.8 Å². The summed E-state index contributed by atoms with van der Waals surface area (Å²) in [6, 6.07) is 13.1. The van der Waals surface area contributed by atoms with Gasteiger partial charge < -0.3 is 28.8 Å². The van der Waals surface area contributed by atoms with Gasteiger partial charge in [0.1, 0.15) is 17.2 Å². The van der Waals surface area contributed by atoms with Crippen molar-refractivity contribution < 1.29 is 46.2 Å². The van der Waals surface area contributed by atoms with Crippen molar-refractivity contribution in [1.82, 2.24) is 10.2 Å². The number of nitrogens with one attached hydrogen (secondary N) is 1. The van der Waals surface area contributed by atoms with E-state index in [1.165, 1.54) is 25.1 Å². The van der Waals surface area contributed by atoms with Crippen molar-refractivity contribution in [3.05, 3.63) is 98.7 Å². The molecule has 12 nitrogen and oxygen atoms in total. The van der Waals surface area contributed by atoms with Gasteiger partial charge in [-0.3, -0.25) is 9.59 Å². The van der Waals surface area contributed by atoms with E-state index in [0.717, 1.165) is 11.6 Å². The van der Waals surface area contributed by atoms with E-state index in [2.05, 4.69) is 5.32 Å². The molecule has 2 atom stereocenters. The molecule has 51 heavy (non-hydrogen) atoms. The first-order chi connectivity index (χ1) is 23.9. The number of amides is 2. The number of halogens is 2. The molecule has 0 aliphatic carbocycles. The summed E-state index contributed by atoms with van der Waals surface area (Å²) in [6.07, 6.45) is 0.242. The largest absolute Gasteiger partial charge is 0.511 e. The summed E-state index contributed by atoms with van der Waals surface area (Å²) >= 11 is 13.4. The summed E-state index contributed by atoms with van der Waals surface area (Å²) in [5.41, 5.74) is 1.76. The van der Waals surface area contributed by atoms with Crippen LogP contribution in [0.25, 0.3) is 11.0 Å². The minimum absolute atomic E-state index is 0.00916. The molecular weight excluding hydrogens is 723 g/mol. The Bertz CT molecular complexity index is 2120. The fraction of sp³-hybridized carbons (Fsp3) is 0.333. The van der Waals surface area contributed by atoms with E-state index in [-0.39, 0.29) is 39.4 Å². The third-order valence-corrected chi connectivity index (χ3v) is 9.74. The maximum Gasteiger partial charge on any atom is 0.511 e. The highest BCUT2D eigenvalue weighted by molar-refractivity contribution is 7.90. The average molecular weight is 760 g/mol. The van der Waals surface area contributed by atoms with Crippen molar-refractivity contribution in [2.75, 3.05) is 12.8 Å². The van der Waals surface area contributed by atoms with Crippen molar-refractivity contribution in [3.63, 3.8) is 0 Å². The number of nitrogens with zero attached hydrogens (tertiary/aromatic N) is 1. The summed E-state index contributed by atoms with van der Waals surface area (Å²) in [5.74, 6) is -2.00. The number of ether oxygens (including phenoxy) is 3. The quantitative estimate of drug-likeness (QED) is 0.147. The van der Waals surface area contributed by atoms with Crippen LogP contribution in [0.1, 0.15) is 65.1 Å². The number of furan rings is 1. The molecule has 0 bridgehead atoms. The van der Waals surface area contributed by atoms with Gasteiger partial charge in [-0.25, -0.2) is 18.0 Å². The number of fused-ring (bicyclic) bond motifs is 2. The highest BCUT2D eigenvalue weighted by Gasteiger charge is 2.32. The number of hydrogen-bond acceptors (Lipinski definition) is 10. The van der Waals surface area contributed by atoms with Crippen LogP contribution in [-0.2, 0) is 48.2 Å². The highest BCUT2D eigenvalue weighted by atomic mass is 35.5. The van der Waals surface area contributed by atoms with Gasteiger partial charge >= 0.3 is 12.1 Å². The molecule has 5 rings (SSSR count). The van der Waals surface area contributed by atoms with Crippen LogP contribution in [0.15, 0.2) is 70.2 Å². The number of benzene rings is 3. The maximum absolute atomic E-state index is 13.8. The molecule has 1 aliphatic rings. The summed E-state index contributed by atoms with van der Waals surface area (Å²) in [4.78, 5) is 54.4. The lowest BCUT2D eigenvalue weighted by Crippen LogP contribution is -2.45. The Labute approximate surface area is 304 Å². The number of rotatable bonds is 9. The Morgan fingerprint density at radius 1 is 1.02 bits per heavy atom. The lowest BCUT2D eigenvalue weighted by molar-refractivity contribution is -0.172. The fourth-order valence-electron chi connectivity index (χ4n) is 5.55.